The monoisotopic (exact) mass is 397 g/mol. The molecule has 1 N–H and O–H groups in total. The smallest absolute Gasteiger partial charge is 0.357 e. The number of rotatable bonds is 6. The quantitative estimate of drug-likeness (QED) is 0.639. The van der Waals surface area contributed by atoms with E-state index in [1.165, 1.54) is 11.3 Å². The summed E-state index contributed by atoms with van der Waals surface area (Å²) < 4.78 is 10.9. The van der Waals surface area contributed by atoms with Crippen molar-refractivity contribution in [2.24, 2.45) is 5.92 Å². The minimum Gasteiger partial charge on any atom is -0.488 e. The Bertz CT molecular complexity index is 1010. The van der Waals surface area contributed by atoms with E-state index in [4.69, 9.17) is 9.47 Å². The molecule has 0 aliphatic heterocycles. The molecule has 1 saturated carbocycles. The maximum atomic E-state index is 12.4. The zero-order valence-electron chi connectivity index (χ0n) is 15.3. The van der Waals surface area contributed by atoms with Gasteiger partial charge in [0.2, 0.25) is 5.91 Å². The number of carbonyl (C=O) groups is 2. The Balaban J connectivity index is 1.31. The summed E-state index contributed by atoms with van der Waals surface area (Å²) in [5, 5.41) is 5.77. The third kappa shape index (κ3) is 3.82. The molecule has 0 bridgehead atoms. The Morgan fingerprint density at radius 2 is 2.07 bits per heavy atom. The van der Waals surface area contributed by atoms with Gasteiger partial charge in [0.1, 0.15) is 17.4 Å². The highest BCUT2D eigenvalue weighted by molar-refractivity contribution is 7.14. The molecule has 0 unspecified atom stereocenters. The van der Waals surface area contributed by atoms with E-state index < -0.39 is 5.97 Å². The van der Waals surface area contributed by atoms with Crippen molar-refractivity contribution < 1.29 is 19.1 Å². The molecule has 0 atom stereocenters. The standard InChI is InChI=1S/C20H19N3O4S/c1-2-26-19(25)15-11-28-20(22-15)23-18(24)13-9-14(10-13)27-16-7-3-5-12-6-4-8-21-17(12)16/h3-8,11,13-14H,2,9-10H2,1H3,(H,22,23,24). The SMILES string of the molecule is CCOC(=O)c1csc(NC(=O)C2CC(Oc3cccc4cccnc34)C2)n1. The second-order valence-corrected chi connectivity index (χ2v) is 7.35. The molecule has 144 valence electrons. The lowest BCUT2D eigenvalue weighted by atomic mass is 9.81. The van der Waals surface area contributed by atoms with Crippen LogP contribution in [0.15, 0.2) is 41.9 Å². The fourth-order valence-corrected chi connectivity index (χ4v) is 3.75. The molecular formula is C20H19N3O4S. The molecule has 0 spiro atoms. The fourth-order valence-electron chi connectivity index (χ4n) is 3.06. The van der Waals surface area contributed by atoms with Crippen LogP contribution in [0.25, 0.3) is 10.9 Å². The van der Waals surface area contributed by atoms with Crippen molar-refractivity contribution in [3.05, 3.63) is 47.6 Å². The van der Waals surface area contributed by atoms with E-state index in [2.05, 4.69) is 15.3 Å². The number of para-hydroxylation sites is 1. The van der Waals surface area contributed by atoms with Crippen LogP contribution in [0.3, 0.4) is 0 Å². The third-order valence-corrected chi connectivity index (χ3v) is 5.33. The topological polar surface area (TPSA) is 90.4 Å². The number of fused-ring (bicyclic) bond motifs is 1. The molecule has 0 radical (unpaired) electrons. The van der Waals surface area contributed by atoms with Crippen LogP contribution in [0.2, 0.25) is 0 Å². The second kappa shape index (κ2) is 7.93. The van der Waals surface area contributed by atoms with E-state index in [1.54, 1.807) is 18.5 Å². The fraction of sp³-hybridized carbons (Fsp3) is 0.300. The summed E-state index contributed by atoms with van der Waals surface area (Å²) in [5.41, 5.74) is 1.03. The van der Waals surface area contributed by atoms with Crippen molar-refractivity contribution in [3.8, 4) is 5.75 Å². The lowest BCUT2D eigenvalue weighted by molar-refractivity contribution is -0.125. The summed E-state index contributed by atoms with van der Waals surface area (Å²) in [4.78, 5) is 32.5. The molecule has 1 aromatic carbocycles. The van der Waals surface area contributed by atoms with Gasteiger partial charge < -0.3 is 14.8 Å². The first-order chi connectivity index (χ1) is 13.6. The number of nitrogens with zero attached hydrogens (tertiary/aromatic N) is 2. The summed E-state index contributed by atoms with van der Waals surface area (Å²) in [5.74, 6) is 0.00421. The lowest BCUT2D eigenvalue weighted by Crippen LogP contribution is -2.40. The van der Waals surface area contributed by atoms with Gasteiger partial charge in [-0.3, -0.25) is 9.78 Å². The molecule has 7 nitrogen and oxygen atoms in total. The Kier molecular flexibility index (Phi) is 5.21. The Morgan fingerprint density at radius 3 is 2.89 bits per heavy atom. The average molecular weight is 397 g/mol. The van der Waals surface area contributed by atoms with Gasteiger partial charge in [0.15, 0.2) is 10.8 Å². The Hall–Kier alpha value is -3.00. The highest BCUT2D eigenvalue weighted by atomic mass is 32.1. The Labute approximate surface area is 165 Å². The summed E-state index contributed by atoms with van der Waals surface area (Å²) in [6.45, 7) is 2.02. The van der Waals surface area contributed by atoms with Gasteiger partial charge in [0.25, 0.3) is 0 Å². The van der Waals surface area contributed by atoms with Gasteiger partial charge in [0, 0.05) is 22.9 Å². The minimum absolute atomic E-state index is 0.0188. The molecule has 1 aliphatic carbocycles. The lowest BCUT2D eigenvalue weighted by Gasteiger charge is -2.34. The Morgan fingerprint density at radius 1 is 1.25 bits per heavy atom. The van der Waals surface area contributed by atoms with E-state index in [1.807, 2.05) is 30.3 Å². The second-order valence-electron chi connectivity index (χ2n) is 6.49. The third-order valence-electron chi connectivity index (χ3n) is 4.57. The largest absolute Gasteiger partial charge is 0.488 e. The molecule has 2 aromatic heterocycles. The first kappa shape index (κ1) is 18.4. The van der Waals surface area contributed by atoms with E-state index in [0.717, 1.165) is 16.7 Å². The van der Waals surface area contributed by atoms with Crippen LogP contribution < -0.4 is 10.1 Å². The molecule has 28 heavy (non-hydrogen) atoms. The molecule has 1 fully saturated rings. The van der Waals surface area contributed by atoms with Crippen molar-refractivity contribution in [3.63, 3.8) is 0 Å². The molecule has 2 heterocycles. The number of pyridine rings is 1. The van der Waals surface area contributed by atoms with Gasteiger partial charge in [-0.1, -0.05) is 18.2 Å². The van der Waals surface area contributed by atoms with Crippen LogP contribution in [0.4, 0.5) is 5.13 Å². The van der Waals surface area contributed by atoms with E-state index in [9.17, 15) is 9.59 Å². The predicted molar refractivity (Wildman–Crippen MR) is 106 cm³/mol. The summed E-state index contributed by atoms with van der Waals surface area (Å²) in [6, 6.07) is 9.71. The molecule has 3 aromatic rings. The van der Waals surface area contributed by atoms with Crippen LogP contribution >= 0.6 is 11.3 Å². The number of esters is 1. The average Bonchev–Trinajstić information content (AvgIpc) is 3.13. The predicted octanol–water partition coefficient (Wildman–Crippen LogP) is 3.66. The molecule has 8 heteroatoms. The highest BCUT2D eigenvalue weighted by Crippen LogP contribution is 2.34. The molecule has 0 saturated heterocycles. The number of carbonyl (C=O) groups excluding carboxylic acids is 2. The van der Waals surface area contributed by atoms with Crippen molar-refractivity contribution in [2.45, 2.75) is 25.9 Å². The zero-order valence-corrected chi connectivity index (χ0v) is 16.1. The molecule has 4 rings (SSSR count). The van der Waals surface area contributed by atoms with Crippen molar-refractivity contribution in [2.75, 3.05) is 11.9 Å². The number of hydrogen-bond donors (Lipinski definition) is 1. The first-order valence-corrected chi connectivity index (χ1v) is 9.96. The number of ether oxygens (including phenoxy) is 2. The highest BCUT2D eigenvalue weighted by Gasteiger charge is 2.36. The van der Waals surface area contributed by atoms with Gasteiger partial charge in [-0.05, 0) is 31.9 Å². The molecule has 1 amide bonds. The number of amides is 1. The number of aromatic nitrogens is 2. The molecule has 1 aliphatic rings. The first-order valence-electron chi connectivity index (χ1n) is 9.08. The maximum absolute atomic E-state index is 12.4. The number of benzene rings is 1. The summed E-state index contributed by atoms with van der Waals surface area (Å²) in [7, 11) is 0. The maximum Gasteiger partial charge on any atom is 0.357 e. The zero-order chi connectivity index (χ0) is 19.5. The van der Waals surface area contributed by atoms with Gasteiger partial charge in [-0.2, -0.15) is 0 Å². The van der Waals surface area contributed by atoms with Crippen LogP contribution in [0.1, 0.15) is 30.3 Å². The van der Waals surface area contributed by atoms with Crippen molar-refractivity contribution in [1.29, 1.82) is 0 Å². The van der Waals surface area contributed by atoms with Gasteiger partial charge >= 0.3 is 5.97 Å². The number of thiazole rings is 1. The van der Waals surface area contributed by atoms with E-state index in [-0.39, 0.29) is 30.2 Å². The van der Waals surface area contributed by atoms with Gasteiger partial charge in [0.05, 0.1) is 6.61 Å². The van der Waals surface area contributed by atoms with Gasteiger partial charge in [-0.25, -0.2) is 9.78 Å². The number of hydrogen-bond acceptors (Lipinski definition) is 7. The minimum atomic E-state index is -0.486. The number of nitrogens with one attached hydrogen (secondary N) is 1. The van der Waals surface area contributed by atoms with Crippen LogP contribution in [0.5, 0.6) is 5.75 Å². The van der Waals surface area contributed by atoms with Crippen molar-refractivity contribution in [1.82, 2.24) is 9.97 Å². The van der Waals surface area contributed by atoms with E-state index >= 15 is 0 Å². The van der Waals surface area contributed by atoms with E-state index in [0.29, 0.717) is 18.0 Å². The summed E-state index contributed by atoms with van der Waals surface area (Å²) >= 11 is 1.21. The summed E-state index contributed by atoms with van der Waals surface area (Å²) in [6.07, 6.45) is 2.98. The van der Waals surface area contributed by atoms with Gasteiger partial charge in [-0.15, -0.1) is 11.3 Å². The number of anilines is 1. The van der Waals surface area contributed by atoms with Crippen LogP contribution in [-0.4, -0.2) is 34.6 Å². The van der Waals surface area contributed by atoms with Crippen LogP contribution in [0, 0.1) is 5.92 Å². The molecular weight excluding hydrogens is 378 g/mol. The van der Waals surface area contributed by atoms with Crippen molar-refractivity contribution >= 4 is 39.2 Å². The van der Waals surface area contributed by atoms with Crippen LogP contribution in [-0.2, 0) is 9.53 Å². The normalized spacial score (nSPS) is 18.3.